The molecule has 130 valence electrons. The van der Waals surface area contributed by atoms with Gasteiger partial charge in [0.15, 0.2) is 0 Å². The number of carbonyl (C=O) groups is 1. The van der Waals surface area contributed by atoms with Crippen molar-refractivity contribution in [3.05, 3.63) is 36.0 Å². The fraction of sp³-hybridized carbons (Fsp3) is 0.571. The molecule has 1 saturated carbocycles. The molecule has 3 heteroatoms. The highest BCUT2D eigenvalue weighted by Gasteiger charge is 2.27. The van der Waals surface area contributed by atoms with E-state index in [2.05, 4.69) is 61.2 Å². The van der Waals surface area contributed by atoms with E-state index < -0.39 is 0 Å². The van der Waals surface area contributed by atoms with Gasteiger partial charge in [0.05, 0.1) is 0 Å². The number of hydrogen-bond donors (Lipinski definition) is 1. The Morgan fingerprint density at radius 3 is 2.88 bits per heavy atom. The van der Waals surface area contributed by atoms with Gasteiger partial charge < -0.3 is 9.88 Å². The number of rotatable bonds is 5. The maximum atomic E-state index is 12.3. The van der Waals surface area contributed by atoms with E-state index in [-0.39, 0.29) is 5.91 Å². The van der Waals surface area contributed by atoms with Crippen molar-refractivity contribution >= 4 is 16.8 Å². The van der Waals surface area contributed by atoms with E-state index in [1.807, 2.05) is 0 Å². The summed E-state index contributed by atoms with van der Waals surface area (Å²) >= 11 is 0. The Balaban J connectivity index is 1.51. The summed E-state index contributed by atoms with van der Waals surface area (Å²) in [5.74, 6) is 1.54. The summed E-state index contributed by atoms with van der Waals surface area (Å²) in [6.45, 7) is 4.59. The van der Waals surface area contributed by atoms with Gasteiger partial charge in [0, 0.05) is 36.6 Å². The lowest BCUT2D eigenvalue weighted by atomic mass is 9.78. The molecule has 1 aromatic carbocycles. The summed E-state index contributed by atoms with van der Waals surface area (Å²) in [5, 5.41) is 4.60. The van der Waals surface area contributed by atoms with Gasteiger partial charge in [-0.3, -0.25) is 4.79 Å². The van der Waals surface area contributed by atoms with E-state index >= 15 is 0 Å². The number of nitrogens with zero attached hydrogens (tertiary/aromatic N) is 1. The lowest BCUT2D eigenvalue weighted by Gasteiger charge is -2.34. The van der Waals surface area contributed by atoms with Crippen molar-refractivity contribution in [3.8, 4) is 0 Å². The van der Waals surface area contributed by atoms with E-state index in [0.29, 0.717) is 18.4 Å². The van der Waals surface area contributed by atoms with Crippen molar-refractivity contribution in [2.75, 3.05) is 0 Å². The molecule has 0 spiro atoms. The van der Waals surface area contributed by atoms with Crippen LogP contribution in [0.1, 0.15) is 51.5 Å². The molecule has 0 aliphatic heterocycles. The Hall–Kier alpha value is -1.77. The van der Waals surface area contributed by atoms with Crippen LogP contribution >= 0.6 is 0 Å². The Morgan fingerprint density at radius 1 is 1.25 bits per heavy atom. The number of nitrogens with one attached hydrogen (secondary N) is 1. The van der Waals surface area contributed by atoms with Crippen molar-refractivity contribution in [2.45, 2.75) is 58.4 Å². The molecule has 1 heterocycles. The maximum absolute atomic E-state index is 12.3. The highest BCUT2D eigenvalue weighted by atomic mass is 16.1. The topological polar surface area (TPSA) is 34.0 Å². The van der Waals surface area contributed by atoms with Crippen LogP contribution in [0.2, 0.25) is 0 Å². The van der Waals surface area contributed by atoms with Gasteiger partial charge in [0.1, 0.15) is 0 Å². The summed E-state index contributed by atoms with van der Waals surface area (Å²) in [5.41, 5.74) is 2.61. The van der Waals surface area contributed by atoms with Gasteiger partial charge in [-0.2, -0.15) is 0 Å². The largest absolute Gasteiger partial charge is 0.353 e. The van der Waals surface area contributed by atoms with Crippen LogP contribution in [0.25, 0.3) is 10.9 Å². The Morgan fingerprint density at radius 2 is 2.04 bits per heavy atom. The Kier molecular flexibility index (Phi) is 5.27. The highest BCUT2D eigenvalue weighted by Crippen LogP contribution is 2.29. The van der Waals surface area contributed by atoms with E-state index in [4.69, 9.17) is 0 Å². The molecule has 1 aliphatic rings. The van der Waals surface area contributed by atoms with Crippen LogP contribution < -0.4 is 5.32 Å². The van der Waals surface area contributed by atoms with Crippen LogP contribution in [0.4, 0.5) is 0 Å². The second kappa shape index (κ2) is 7.42. The van der Waals surface area contributed by atoms with Crippen molar-refractivity contribution in [3.63, 3.8) is 0 Å². The first-order valence-electron chi connectivity index (χ1n) is 9.38. The molecular weight excluding hydrogens is 296 g/mol. The van der Waals surface area contributed by atoms with Crippen molar-refractivity contribution in [2.24, 2.45) is 18.9 Å². The third-order valence-corrected chi connectivity index (χ3v) is 5.88. The smallest absolute Gasteiger partial charge is 0.220 e. The van der Waals surface area contributed by atoms with Gasteiger partial charge in [-0.05, 0) is 42.7 Å². The normalized spacial score (nSPS) is 24.2. The molecule has 24 heavy (non-hydrogen) atoms. The van der Waals surface area contributed by atoms with Crippen LogP contribution in [0.15, 0.2) is 30.5 Å². The van der Waals surface area contributed by atoms with Crippen LogP contribution in [-0.4, -0.2) is 16.5 Å². The van der Waals surface area contributed by atoms with Crippen LogP contribution in [0.3, 0.4) is 0 Å². The van der Waals surface area contributed by atoms with E-state index in [0.717, 1.165) is 25.2 Å². The summed E-state index contributed by atoms with van der Waals surface area (Å²) < 4.78 is 2.18. The molecule has 1 aromatic heterocycles. The van der Waals surface area contributed by atoms with E-state index in [1.54, 1.807) is 0 Å². The third-order valence-electron chi connectivity index (χ3n) is 5.88. The van der Waals surface area contributed by atoms with Gasteiger partial charge in [0.2, 0.25) is 5.91 Å². The van der Waals surface area contributed by atoms with Gasteiger partial charge in [-0.25, -0.2) is 0 Å². The summed E-state index contributed by atoms with van der Waals surface area (Å²) in [7, 11) is 2.09. The van der Waals surface area contributed by atoms with E-state index in [1.165, 1.54) is 29.3 Å². The lowest BCUT2D eigenvalue weighted by molar-refractivity contribution is -0.122. The standard InChI is InChI=1S/C21H30N2O/c1-15-8-6-11-19(16(15)2)22-21(24)13-7-9-17-14-23(3)20-12-5-4-10-18(17)20/h4-5,10,12,14-16,19H,6-9,11,13H2,1-3H3,(H,22,24). The minimum Gasteiger partial charge on any atom is -0.353 e. The minimum absolute atomic E-state index is 0.223. The van der Waals surface area contributed by atoms with Gasteiger partial charge in [0.25, 0.3) is 0 Å². The first-order chi connectivity index (χ1) is 11.6. The number of benzene rings is 1. The van der Waals surface area contributed by atoms with E-state index in [9.17, 15) is 4.79 Å². The van der Waals surface area contributed by atoms with Crippen molar-refractivity contribution in [1.82, 2.24) is 9.88 Å². The molecule has 3 nitrogen and oxygen atoms in total. The molecule has 0 radical (unpaired) electrons. The number of amides is 1. The summed E-state index contributed by atoms with van der Waals surface area (Å²) in [4.78, 5) is 12.3. The second-order valence-corrected chi connectivity index (χ2v) is 7.58. The van der Waals surface area contributed by atoms with Crippen LogP contribution in [-0.2, 0) is 18.3 Å². The van der Waals surface area contributed by atoms with Crippen LogP contribution in [0.5, 0.6) is 0 Å². The number of para-hydroxylation sites is 1. The highest BCUT2D eigenvalue weighted by molar-refractivity contribution is 5.84. The minimum atomic E-state index is 0.223. The SMILES string of the molecule is CC1CCCC(NC(=O)CCCc2cn(C)c3ccccc23)C1C. The molecule has 3 atom stereocenters. The molecule has 2 aromatic rings. The van der Waals surface area contributed by atoms with Crippen LogP contribution in [0, 0.1) is 11.8 Å². The molecule has 3 unspecified atom stereocenters. The quantitative estimate of drug-likeness (QED) is 0.866. The molecule has 3 rings (SSSR count). The van der Waals surface area contributed by atoms with Gasteiger partial charge in [-0.15, -0.1) is 0 Å². The van der Waals surface area contributed by atoms with Gasteiger partial charge in [-0.1, -0.05) is 44.9 Å². The van der Waals surface area contributed by atoms with Crippen molar-refractivity contribution < 1.29 is 4.79 Å². The molecule has 1 amide bonds. The molecule has 0 bridgehead atoms. The number of fused-ring (bicyclic) bond motifs is 1. The average Bonchev–Trinajstić information content (AvgIpc) is 2.89. The zero-order valence-electron chi connectivity index (χ0n) is 15.2. The molecule has 1 aliphatic carbocycles. The number of carbonyl (C=O) groups excluding carboxylic acids is 1. The number of hydrogen-bond acceptors (Lipinski definition) is 1. The lowest BCUT2D eigenvalue weighted by Crippen LogP contribution is -2.43. The molecule has 1 fully saturated rings. The zero-order valence-corrected chi connectivity index (χ0v) is 15.2. The first-order valence-corrected chi connectivity index (χ1v) is 9.38. The fourth-order valence-electron chi connectivity index (χ4n) is 4.13. The Labute approximate surface area is 145 Å². The molecule has 1 N–H and O–H groups in total. The predicted octanol–water partition coefficient (Wildman–Crippen LogP) is 4.44. The molecular formula is C21H30N2O. The fourth-order valence-corrected chi connectivity index (χ4v) is 4.13. The predicted molar refractivity (Wildman–Crippen MR) is 100.0 cm³/mol. The summed E-state index contributed by atoms with van der Waals surface area (Å²) in [6, 6.07) is 8.86. The number of aromatic nitrogens is 1. The second-order valence-electron chi connectivity index (χ2n) is 7.58. The first kappa shape index (κ1) is 17.1. The van der Waals surface area contributed by atoms with Crippen molar-refractivity contribution in [1.29, 1.82) is 0 Å². The Bertz CT molecular complexity index is 703. The zero-order chi connectivity index (χ0) is 17.1. The third kappa shape index (κ3) is 3.66. The molecule has 0 saturated heterocycles. The monoisotopic (exact) mass is 326 g/mol. The maximum Gasteiger partial charge on any atom is 0.220 e. The average molecular weight is 326 g/mol. The summed E-state index contributed by atoms with van der Waals surface area (Å²) in [6.07, 6.45) is 8.39. The number of aryl methyl sites for hydroxylation is 2. The van der Waals surface area contributed by atoms with Gasteiger partial charge >= 0.3 is 0 Å².